The number of nitrogens with zero attached hydrogens (tertiary/aromatic N) is 2. The van der Waals surface area contributed by atoms with Crippen molar-refractivity contribution in [3.63, 3.8) is 0 Å². The molecule has 0 aromatic carbocycles. The van der Waals surface area contributed by atoms with Gasteiger partial charge in [0.1, 0.15) is 0 Å². The normalized spacial score (nSPS) is 12.9. The Balaban J connectivity index is 2.18. The lowest BCUT2D eigenvalue weighted by Gasteiger charge is -2.20. The van der Waals surface area contributed by atoms with Crippen LogP contribution in [0.3, 0.4) is 0 Å². The molecule has 2 rings (SSSR count). The zero-order valence-corrected chi connectivity index (χ0v) is 14.2. The zero-order chi connectivity index (χ0) is 14.3. The van der Waals surface area contributed by atoms with Crippen LogP contribution in [0.25, 0.3) is 0 Å². The highest BCUT2D eigenvalue weighted by Crippen LogP contribution is 2.32. The second kappa shape index (κ2) is 4.98. The Morgan fingerprint density at radius 1 is 1.11 bits per heavy atom. The first-order valence-electron chi connectivity index (χ1n) is 6.56. The van der Waals surface area contributed by atoms with Gasteiger partial charge in [0.05, 0.1) is 15.7 Å². The van der Waals surface area contributed by atoms with Gasteiger partial charge in [0.2, 0.25) is 0 Å². The molecule has 0 bridgehead atoms. The molecular weight excluding hydrogens is 272 g/mol. The van der Waals surface area contributed by atoms with E-state index in [4.69, 9.17) is 4.98 Å². The van der Waals surface area contributed by atoms with Crippen molar-refractivity contribution in [2.75, 3.05) is 0 Å². The molecule has 0 aliphatic carbocycles. The van der Waals surface area contributed by atoms with Crippen LogP contribution >= 0.6 is 22.7 Å². The molecule has 0 saturated heterocycles. The van der Waals surface area contributed by atoms with E-state index in [0.717, 1.165) is 6.42 Å². The Morgan fingerprint density at radius 2 is 1.79 bits per heavy atom. The van der Waals surface area contributed by atoms with Crippen LogP contribution in [0, 0.1) is 6.92 Å². The summed E-state index contributed by atoms with van der Waals surface area (Å²) < 4.78 is 0. The monoisotopic (exact) mass is 294 g/mol. The maximum absolute atomic E-state index is 4.79. The van der Waals surface area contributed by atoms with Gasteiger partial charge in [-0.15, -0.1) is 22.7 Å². The molecule has 2 nitrogen and oxygen atoms in total. The summed E-state index contributed by atoms with van der Waals surface area (Å²) in [4.78, 5) is 10.6. The minimum absolute atomic E-state index is 0.0577. The predicted molar refractivity (Wildman–Crippen MR) is 84.4 cm³/mol. The van der Waals surface area contributed by atoms with E-state index in [1.807, 2.05) is 6.20 Å². The molecule has 2 aromatic heterocycles. The van der Waals surface area contributed by atoms with Gasteiger partial charge in [0.25, 0.3) is 0 Å². The first-order chi connectivity index (χ1) is 8.68. The molecule has 0 radical (unpaired) electrons. The second-order valence-electron chi connectivity index (χ2n) is 6.73. The van der Waals surface area contributed by atoms with Crippen molar-refractivity contribution in [2.45, 2.75) is 58.8 Å². The highest BCUT2D eigenvalue weighted by atomic mass is 32.1. The molecule has 0 spiro atoms. The van der Waals surface area contributed by atoms with Gasteiger partial charge < -0.3 is 0 Å². The number of thiazole rings is 2. The van der Waals surface area contributed by atoms with E-state index in [2.05, 4.69) is 51.9 Å². The van der Waals surface area contributed by atoms with Crippen LogP contribution in [-0.4, -0.2) is 9.97 Å². The molecule has 0 unspecified atom stereocenters. The minimum Gasteiger partial charge on any atom is -0.249 e. The third-order valence-electron chi connectivity index (χ3n) is 3.02. The van der Waals surface area contributed by atoms with Gasteiger partial charge in [-0.25, -0.2) is 9.97 Å². The van der Waals surface area contributed by atoms with Crippen molar-refractivity contribution in [1.82, 2.24) is 9.97 Å². The van der Waals surface area contributed by atoms with E-state index < -0.39 is 0 Å². The Bertz CT molecular complexity index is 559. The molecular formula is C15H22N2S2. The number of hydrogen-bond acceptors (Lipinski definition) is 4. The average molecular weight is 294 g/mol. The zero-order valence-electron chi connectivity index (χ0n) is 12.6. The van der Waals surface area contributed by atoms with E-state index in [0.29, 0.717) is 0 Å². The maximum Gasteiger partial charge on any atom is 0.0987 e. The topological polar surface area (TPSA) is 25.8 Å². The van der Waals surface area contributed by atoms with Crippen LogP contribution in [0.2, 0.25) is 0 Å². The molecule has 0 N–H and O–H groups in total. The number of hydrogen-bond donors (Lipinski definition) is 0. The van der Waals surface area contributed by atoms with Gasteiger partial charge in [-0.2, -0.15) is 0 Å². The lowest BCUT2D eigenvalue weighted by molar-refractivity contribution is 0.508. The summed E-state index contributed by atoms with van der Waals surface area (Å²) in [5.74, 6) is 0. The lowest BCUT2D eigenvalue weighted by atomic mass is 9.89. The van der Waals surface area contributed by atoms with Crippen LogP contribution in [0.1, 0.15) is 55.2 Å². The van der Waals surface area contributed by atoms with Crippen molar-refractivity contribution < 1.29 is 0 Å². The molecule has 0 atom stereocenters. The second-order valence-corrected chi connectivity index (χ2v) is 8.82. The fourth-order valence-electron chi connectivity index (χ4n) is 1.93. The fourth-order valence-corrected chi connectivity index (χ4v) is 3.70. The number of rotatable bonds is 3. The van der Waals surface area contributed by atoms with E-state index in [-0.39, 0.29) is 10.8 Å². The summed E-state index contributed by atoms with van der Waals surface area (Å²) in [5.41, 5.74) is 1.39. The molecule has 19 heavy (non-hydrogen) atoms. The van der Waals surface area contributed by atoms with E-state index in [1.54, 1.807) is 22.7 Å². The summed E-state index contributed by atoms with van der Waals surface area (Å²) in [7, 11) is 0. The van der Waals surface area contributed by atoms with E-state index in [1.165, 1.54) is 20.6 Å². The molecule has 2 heterocycles. The molecule has 104 valence electrons. The molecule has 0 amide bonds. The van der Waals surface area contributed by atoms with Crippen molar-refractivity contribution in [3.05, 3.63) is 32.2 Å². The van der Waals surface area contributed by atoms with Crippen molar-refractivity contribution >= 4 is 22.7 Å². The van der Waals surface area contributed by atoms with Crippen molar-refractivity contribution in [3.8, 4) is 0 Å². The number of aryl methyl sites for hydroxylation is 1. The first kappa shape index (κ1) is 14.7. The quantitative estimate of drug-likeness (QED) is 0.818. The van der Waals surface area contributed by atoms with Gasteiger partial charge in [0.15, 0.2) is 0 Å². The van der Waals surface area contributed by atoms with Gasteiger partial charge in [-0.1, -0.05) is 34.6 Å². The smallest absolute Gasteiger partial charge is 0.0987 e. The highest BCUT2D eigenvalue weighted by molar-refractivity contribution is 7.11. The van der Waals surface area contributed by atoms with E-state index >= 15 is 0 Å². The van der Waals surface area contributed by atoms with E-state index in [9.17, 15) is 0 Å². The Labute approximate surface area is 123 Å². The van der Waals surface area contributed by atoms with Gasteiger partial charge in [-0.3, -0.25) is 0 Å². The van der Waals surface area contributed by atoms with Crippen LogP contribution < -0.4 is 0 Å². The molecule has 4 heteroatoms. The standard InChI is InChI=1S/C15H22N2S2/c1-10-8-16-13(19-10)15(5,6)7-11-9-18-12(17-11)14(2,3)4/h8-9H,7H2,1-6H3. The van der Waals surface area contributed by atoms with Crippen molar-refractivity contribution in [2.24, 2.45) is 0 Å². The molecule has 0 aliphatic heterocycles. The molecule has 0 aliphatic rings. The van der Waals surface area contributed by atoms with Gasteiger partial charge >= 0.3 is 0 Å². The SMILES string of the molecule is Cc1cnc(C(C)(C)Cc2csc(C(C)(C)C)n2)s1. The van der Waals surface area contributed by atoms with Crippen LogP contribution in [0.5, 0.6) is 0 Å². The maximum atomic E-state index is 4.79. The largest absolute Gasteiger partial charge is 0.249 e. The fraction of sp³-hybridized carbons (Fsp3) is 0.600. The Hall–Kier alpha value is -0.740. The third-order valence-corrected chi connectivity index (χ3v) is 5.61. The third kappa shape index (κ3) is 3.42. The molecule has 0 fully saturated rings. The summed E-state index contributed by atoms with van der Waals surface area (Å²) in [6.45, 7) is 13.3. The Morgan fingerprint density at radius 3 is 2.26 bits per heavy atom. The Kier molecular flexibility index (Phi) is 3.85. The van der Waals surface area contributed by atoms with Crippen LogP contribution in [0.15, 0.2) is 11.6 Å². The lowest BCUT2D eigenvalue weighted by Crippen LogP contribution is -2.20. The average Bonchev–Trinajstić information content (AvgIpc) is 2.85. The summed E-state index contributed by atoms with van der Waals surface area (Å²) >= 11 is 3.56. The van der Waals surface area contributed by atoms with Gasteiger partial charge in [-0.05, 0) is 6.92 Å². The molecule has 0 saturated carbocycles. The predicted octanol–water partition coefficient (Wildman–Crippen LogP) is 4.73. The summed E-state index contributed by atoms with van der Waals surface area (Å²) in [5, 5.41) is 4.62. The molecule has 2 aromatic rings. The minimum atomic E-state index is 0.0577. The summed E-state index contributed by atoms with van der Waals surface area (Å²) in [6.07, 6.45) is 2.91. The van der Waals surface area contributed by atoms with Crippen LogP contribution in [0.4, 0.5) is 0 Å². The van der Waals surface area contributed by atoms with Crippen LogP contribution in [-0.2, 0) is 17.3 Å². The number of aromatic nitrogens is 2. The van der Waals surface area contributed by atoms with Crippen molar-refractivity contribution in [1.29, 1.82) is 0 Å². The first-order valence-corrected chi connectivity index (χ1v) is 8.26. The highest BCUT2D eigenvalue weighted by Gasteiger charge is 2.27. The summed E-state index contributed by atoms with van der Waals surface area (Å²) in [6, 6.07) is 0. The van der Waals surface area contributed by atoms with Gasteiger partial charge in [0, 0.05) is 33.7 Å².